The van der Waals surface area contributed by atoms with Crippen LogP contribution in [0, 0.1) is 0 Å². The highest BCUT2D eigenvalue weighted by Crippen LogP contribution is 2.20. The van der Waals surface area contributed by atoms with Crippen LogP contribution in [0.3, 0.4) is 0 Å². The second-order valence-corrected chi connectivity index (χ2v) is 6.15. The normalized spacial score (nSPS) is 10.4. The van der Waals surface area contributed by atoms with Gasteiger partial charge in [-0.15, -0.1) is 0 Å². The Morgan fingerprint density at radius 3 is 2.52 bits per heavy atom. The van der Waals surface area contributed by atoms with Gasteiger partial charge < -0.3 is 15.0 Å². The summed E-state index contributed by atoms with van der Waals surface area (Å²) >= 11 is 0. The maximum atomic E-state index is 12.5. The molecule has 0 saturated heterocycles. The highest BCUT2D eigenvalue weighted by molar-refractivity contribution is 6.01. The van der Waals surface area contributed by atoms with E-state index >= 15 is 0 Å². The molecule has 6 heteroatoms. The molecule has 2 amide bonds. The SMILES string of the molecule is COc1ccc(CN(CC(=O)Nc2cccc3cccnc23)C(C)=O)cc1. The molecule has 1 N–H and O–H groups in total. The van der Waals surface area contributed by atoms with Crippen LogP contribution in [-0.2, 0) is 16.1 Å². The van der Waals surface area contributed by atoms with Crippen molar-refractivity contribution in [1.82, 2.24) is 9.88 Å². The average Bonchev–Trinajstić information content (AvgIpc) is 2.68. The molecule has 6 nitrogen and oxygen atoms in total. The number of benzene rings is 2. The van der Waals surface area contributed by atoms with E-state index in [9.17, 15) is 9.59 Å². The molecular formula is C21H21N3O3. The molecule has 0 aliphatic heterocycles. The van der Waals surface area contributed by atoms with Crippen molar-refractivity contribution in [3.05, 3.63) is 66.4 Å². The maximum Gasteiger partial charge on any atom is 0.244 e. The molecule has 0 atom stereocenters. The van der Waals surface area contributed by atoms with Gasteiger partial charge in [-0.2, -0.15) is 0 Å². The van der Waals surface area contributed by atoms with Crippen LogP contribution in [0.1, 0.15) is 12.5 Å². The largest absolute Gasteiger partial charge is 0.497 e. The van der Waals surface area contributed by atoms with Crippen LogP contribution in [0.4, 0.5) is 5.69 Å². The Labute approximate surface area is 157 Å². The number of anilines is 1. The molecule has 0 fully saturated rings. The van der Waals surface area contributed by atoms with Gasteiger partial charge >= 0.3 is 0 Å². The van der Waals surface area contributed by atoms with Crippen LogP contribution in [0.25, 0.3) is 10.9 Å². The lowest BCUT2D eigenvalue weighted by atomic mass is 10.2. The average molecular weight is 363 g/mol. The summed E-state index contributed by atoms with van der Waals surface area (Å²) in [5.41, 5.74) is 2.27. The standard InChI is InChI=1S/C21H21N3O3/c1-15(25)24(13-16-8-10-18(27-2)11-9-16)14-20(26)23-19-7-3-5-17-6-4-12-22-21(17)19/h3-12H,13-14H2,1-2H3,(H,23,26). The molecule has 0 aliphatic rings. The number of pyridine rings is 1. The number of nitrogens with one attached hydrogen (secondary N) is 1. The lowest BCUT2D eigenvalue weighted by molar-refractivity contribution is -0.133. The first-order valence-corrected chi connectivity index (χ1v) is 8.59. The van der Waals surface area contributed by atoms with Crippen LogP contribution >= 0.6 is 0 Å². The van der Waals surface area contributed by atoms with Gasteiger partial charge in [-0.3, -0.25) is 14.6 Å². The fourth-order valence-electron chi connectivity index (χ4n) is 2.80. The summed E-state index contributed by atoms with van der Waals surface area (Å²) < 4.78 is 5.14. The van der Waals surface area contributed by atoms with Gasteiger partial charge in [0.25, 0.3) is 0 Å². The number of nitrogens with zero attached hydrogens (tertiary/aromatic N) is 2. The molecule has 1 heterocycles. The predicted molar refractivity (Wildman–Crippen MR) is 104 cm³/mol. The predicted octanol–water partition coefficient (Wildman–Crippen LogP) is 3.23. The van der Waals surface area contributed by atoms with Gasteiger partial charge in [-0.1, -0.05) is 30.3 Å². The molecule has 0 unspecified atom stereocenters. The zero-order chi connectivity index (χ0) is 19.2. The van der Waals surface area contributed by atoms with Crippen molar-refractivity contribution in [2.45, 2.75) is 13.5 Å². The van der Waals surface area contributed by atoms with Gasteiger partial charge in [0.2, 0.25) is 11.8 Å². The second-order valence-electron chi connectivity index (χ2n) is 6.15. The number of carbonyl (C=O) groups excluding carboxylic acids is 2. The monoisotopic (exact) mass is 363 g/mol. The molecule has 0 radical (unpaired) electrons. The molecule has 138 valence electrons. The molecular weight excluding hydrogens is 342 g/mol. The number of fused-ring (bicyclic) bond motifs is 1. The second kappa shape index (κ2) is 8.31. The van der Waals surface area contributed by atoms with E-state index < -0.39 is 0 Å². The smallest absolute Gasteiger partial charge is 0.244 e. The number of carbonyl (C=O) groups is 2. The first kappa shape index (κ1) is 18.4. The molecule has 0 bridgehead atoms. The van der Waals surface area contributed by atoms with Crippen LogP contribution in [0.5, 0.6) is 5.75 Å². The number of aromatic nitrogens is 1. The number of hydrogen-bond acceptors (Lipinski definition) is 4. The van der Waals surface area contributed by atoms with Crippen molar-refractivity contribution < 1.29 is 14.3 Å². The van der Waals surface area contributed by atoms with Crippen molar-refractivity contribution >= 4 is 28.4 Å². The number of para-hydroxylation sites is 1. The fraction of sp³-hybridized carbons (Fsp3) is 0.190. The van der Waals surface area contributed by atoms with Crippen molar-refractivity contribution in [3.8, 4) is 5.75 Å². The summed E-state index contributed by atoms with van der Waals surface area (Å²) in [6.07, 6.45) is 1.68. The molecule has 0 saturated carbocycles. The van der Waals surface area contributed by atoms with Gasteiger partial charge in [0.05, 0.1) is 18.3 Å². The van der Waals surface area contributed by atoms with Crippen molar-refractivity contribution in [2.24, 2.45) is 0 Å². The Morgan fingerprint density at radius 1 is 1.07 bits per heavy atom. The lowest BCUT2D eigenvalue weighted by Crippen LogP contribution is -2.36. The first-order chi connectivity index (χ1) is 13.1. The highest BCUT2D eigenvalue weighted by atomic mass is 16.5. The number of methoxy groups -OCH3 is 1. The summed E-state index contributed by atoms with van der Waals surface area (Å²) in [4.78, 5) is 30.3. The molecule has 27 heavy (non-hydrogen) atoms. The summed E-state index contributed by atoms with van der Waals surface area (Å²) in [5, 5.41) is 3.80. The Balaban J connectivity index is 1.70. The third-order valence-corrected chi connectivity index (χ3v) is 4.22. The number of ether oxygens (including phenoxy) is 1. The number of hydrogen-bond donors (Lipinski definition) is 1. The van der Waals surface area contributed by atoms with Gasteiger partial charge in [-0.25, -0.2) is 0 Å². The molecule has 0 spiro atoms. The van der Waals surface area contributed by atoms with E-state index in [0.717, 1.165) is 22.2 Å². The maximum absolute atomic E-state index is 12.5. The topological polar surface area (TPSA) is 71.5 Å². The Hall–Kier alpha value is -3.41. The molecule has 1 aromatic heterocycles. The van der Waals surface area contributed by atoms with Crippen molar-refractivity contribution in [2.75, 3.05) is 19.0 Å². The van der Waals surface area contributed by atoms with E-state index in [1.54, 1.807) is 19.4 Å². The third-order valence-electron chi connectivity index (χ3n) is 4.22. The Bertz CT molecular complexity index is 949. The summed E-state index contributed by atoms with van der Waals surface area (Å²) in [5.74, 6) is 0.309. The quantitative estimate of drug-likeness (QED) is 0.730. The summed E-state index contributed by atoms with van der Waals surface area (Å²) in [6.45, 7) is 1.77. The Morgan fingerprint density at radius 2 is 1.81 bits per heavy atom. The van der Waals surface area contributed by atoms with Gasteiger partial charge in [0.15, 0.2) is 0 Å². The van der Waals surface area contributed by atoms with Crippen LogP contribution < -0.4 is 10.1 Å². The van der Waals surface area contributed by atoms with E-state index in [1.807, 2.05) is 48.5 Å². The molecule has 3 aromatic rings. The van der Waals surface area contributed by atoms with Gasteiger partial charge in [-0.05, 0) is 29.8 Å². The highest BCUT2D eigenvalue weighted by Gasteiger charge is 2.15. The first-order valence-electron chi connectivity index (χ1n) is 8.59. The molecule has 0 aliphatic carbocycles. The van der Waals surface area contributed by atoms with Crippen molar-refractivity contribution in [1.29, 1.82) is 0 Å². The minimum atomic E-state index is -0.267. The minimum absolute atomic E-state index is 0.0371. The van der Waals surface area contributed by atoms with E-state index in [0.29, 0.717) is 12.2 Å². The van der Waals surface area contributed by atoms with E-state index in [2.05, 4.69) is 10.3 Å². The van der Waals surface area contributed by atoms with E-state index in [-0.39, 0.29) is 18.4 Å². The number of amides is 2. The van der Waals surface area contributed by atoms with Crippen LogP contribution in [0.15, 0.2) is 60.8 Å². The van der Waals surface area contributed by atoms with Gasteiger partial charge in [0.1, 0.15) is 12.3 Å². The van der Waals surface area contributed by atoms with E-state index in [1.165, 1.54) is 11.8 Å². The molecule has 2 aromatic carbocycles. The van der Waals surface area contributed by atoms with Crippen LogP contribution in [0.2, 0.25) is 0 Å². The zero-order valence-electron chi connectivity index (χ0n) is 15.3. The zero-order valence-corrected chi connectivity index (χ0v) is 15.3. The summed E-state index contributed by atoms with van der Waals surface area (Å²) in [7, 11) is 1.60. The fourth-order valence-corrected chi connectivity index (χ4v) is 2.80. The third kappa shape index (κ3) is 4.61. The van der Waals surface area contributed by atoms with Crippen LogP contribution in [-0.4, -0.2) is 35.4 Å². The Kier molecular flexibility index (Phi) is 5.66. The van der Waals surface area contributed by atoms with Crippen molar-refractivity contribution in [3.63, 3.8) is 0 Å². The van der Waals surface area contributed by atoms with E-state index in [4.69, 9.17) is 4.74 Å². The molecule has 3 rings (SSSR count). The lowest BCUT2D eigenvalue weighted by Gasteiger charge is -2.21. The van der Waals surface area contributed by atoms with Gasteiger partial charge in [0, 0.05) is 25.1 Å². The minimum Gasteiger partial charge on any atom is -0.497 e. The number of rotatable bonds is 6. The summed E-state index contributed by atoms with van der Waals surface area (Å²) in [6, 6.07) is 16.8.